The smallest absolute Gasteiger partial charge is 0.284 e. The molecule has 1 amide bonds. The van der Waals surface area contributed by atoms with Gasteiger partial charge in [0, 0.05) is 29.5 Å². The number of nitrogens with zero attached hydrogens (tertiary/aromatic N) is 1. The van der Waals surface area contributed by atoms with E-state index in [2.05, 4.69) is 4.90 Å². The molecule has 122 valence electrons. The number of hydrogen-bond acceptors (Lipinski definition) is 5. The lowest BCUT2D eigenvalue weighted by Gasteiger charge is -2.26. The minimum Gasteiger partial charge on any atom is -0.492 e. The van der Waals surface area contributed by atoms with Crippen LogP contribution in [0.5, 0.6) is 5.75 Å². The second kappa shape index (κ2) is 7.31. The fourth-order valence-electron chi connectivity index (χ4n) is 2.57. The normalized spacial score (nSPS) is 14.3. The lowest BCUT2D eigenvalue weighted by molar-refractivity contribution is 0.0711. The van der Waals surface area contributed by atoms with Crippen LogP contribution in [0.2, 0.25) is 5.02 Å². The first-order valence-electron chi connectivity index (χ1n) is 7.32. The Kier molecular flexibility index (Phi) is 5.17. The number of thiophene rings is 1. The number of carbonyl (C=O) groups is 1. The molecule has 5 nitrogen and oxygen atoms in total. The van der Waals surface area contributed by atoms with Gasteiger partial charge in [0.1, 0.15) is 12.4 Å². The number of benzene rings is 1. The number of nitrogens with one attached hydrogen (secondary N) is 1. The summed E-state index contributed by atoms with van der Waals surface area (Å²) in [6.45, 7) is 3.16. The van der Waals surface area contributed by atoms with Crippen LogP contribution in [0.15, 0.2) is 30.3 Å². The molecule has 23 heavy (non-hydrogen) atoms. The third-order valence-electron chi connectivity index (χ3n) is 3.76. The van der Waals surface area contributed by atoms with Crippen LogP contribution in [0.3, 0.4) is 0 Å². The van der Waals surface area contributed by atoms with Crippen LogP contribution < -0.4 is 10.2 Å². The molecule has 7 heteroatoms. The Labute approximate surface area is 143 Å². The highest BCUT2D eigenvalue weighted by atomic mass is 35.5. The molecular formula is C16H17ClN2O3S. The number of halogens is 1. The molecule has 2 heterocycles. The van der Waals surface area contributed by atoms with Crippen molar-refractivity contribution in [2.45, 2.75) is 13.0 Å². The third-order valence-corrected chi connectivity index (χ3v) is 5.25. The standard InChI is InChI=1S/C16H17ClN2O3S/c17-12-1-3-13(4-2-12)22-8-7-19-6-5-14-11(10-19)9-15(23-14)16(20)18-21/h1-4,9,21H,5-8,10H2,(H,18,20). The van der Waals surface area contributed by atoms with E-state index < -0.39 is 5.91 Å². The number of hydroxylamine groups is 1. The van der Waals surface area contributed by atoms with Gasteiger partial charge < -0.3 is 4.74 Å². The second-order valence-corrected chi connectivity index (χ2v) is 6.90. The minimum atomic E-state index is -0.443. The summed E-state index contributed by atoms with van der Waals surface area (Å²) in [6.07, 6.45) is 0.916. The first kappa shape index (κ1) is 16.3. The van der Waals surface area contributed by atoms with Crippen LogP contribution in [-0.2, 0) is 13.0 Å². The average molecular weight is 353 g/mol. The highest BCUT2D eigenvalue weighted by Crippen LogP contribution is 2.28. The Morgan fingerprint density at radius 2 is 2.17 bits per heavy atom. The molecule has 1 aliphatic heterocycles. The molecule has 0 spiro atoms. The zero-order valence-corrected chi connectivity index (χ0v) is 14.0. The first-order valence-corrected chi connectivity index (χ1v) is 8.52. The topological polar surface area (TPSA) is 61.8 Å². The quantitative estimate of drug-likeness (QED) is 0.641. The van der Waals surface area contributed by atoms with Crippen LogP contribution in [0.1, 0.15) is 20.1 Å². The lowest BCUT2D eigenvalue weighted by Crippen LogP contribution is -2.33. The number of amides is 1. The van der Waals surface area contributed by atoms with Crippen LogP contribution in [-0.4, -0.2) is 35.7 Å². The van der Waals surface area contributed by atoms with Gasteiger partial charge in [-0.2, -0.15) is 0 Å². The van der Waals surface area contributed by atoms with Gasteiger partial charge in [-0.25, -0.2) is 5.48 Å². The van der Waals surface area contributed by atoms with E-state index in [4.69, 9.17) is 21.5 Å². The predicted octanol–water partition coefficient (Wildman–Crippen LogP) is 2.96. The molecule has 1 aromatic carbocycles. The van der Waals surface area contributed by atoms with Crippen molar-refractivity contribution in [3.63, 3.8) is 0 Å². The van der Waals surface area contributed by atoms with Crippen molar-refractivity contribution in [2.24, 2.45) is 0 Å². The Bertz CT molecular complexity index is 687. The molecule has 3 rings (SSSR count). The van der Waals surface area contributed by atoms with Gasteiger partial charge in [-0.1, -0.05) is 11.6 Å². The maximum absolute atomic E-state index is 11.5. The molecule has 2 N–H and O–H groups in total. The molecule has 0 radical (unpaired) electrons. The van der Waals surface area contributed by atoms with Gasteiger partial charge >= 0.3 is 0 Å². The number of ether oxygens (including phenoxy) is 1. The van der Waals surface area contributed by atoms with Crippen LogP contribution >= 0.6 is 22.9 Å². The first-order chi connectivity index (χ1) is 11.2. The molecule has 0 atom stereocenters. The summed E-state index contributed by atoms with van der Waals surface area (Å²) in [5.74, 6) is 0.367. The number of hydrogen-bond donors (Lipinski definition) is 2. The number of rotatable bonds is 5. The molecule has 0 saturated carbocycles. The molecule has 2 aromatic rings. The van der Waals surface area contributed by atoms with Crippen molar-refractivity contribution in [3.8, 4) is 5.75 Å². The van der Waals surface area contributed by atoms with E-state index in [1.54, 1.807) is 5.48 Å². The summed E-state index contributed by atoms with van der Waals surface area (Å²) in [6, 6.07) is 9.19. The van der Waals surface area contributed by atoms with Gasteiger partial charge in [0.05, 0.1) is 4.88 Å². The summed E-state index contributed by atoms with van der Waals surface area (Å²) in [5.41, 5.74) is 2.85. The molecule has 0 bridgehead atoms. The summed E-state index contributed by atoms with van der Waals surface area (Å²) in [7, 11) is 0. The third kappa shape index (κ3) is 4.03. The maximum atomic E-state index is 11.5. The summed E-state index contributed by atoms with van der Waals surface area (Å²) in [5, 5.41) is 9.41. The molecule has 0 fully saturated rings. The predicted molar refractivity (Wildman–Crippen MR) is 89.5 cm³/mol. The Morgan fingerprint density at radius 1 is 1.39 bits per heavy atom. The van der Waals surface area contributed by atoms with E-state index in [1.807, 2.05) is 30.3 Å². The molecule has 1 aliphatic rings. The van der Waals surface area contributed by atoms with Crippen molar-refractivity contribution in [3.05, 3.63) is 50.7 Å². The Hall–Kier alpha value is -1.60. The largest absolute Gasteiger partial charge is 0.492 e. The van der Waals surface area contributed by atoms with E-state index in [1.165, 1.54) is 16.2 Å². The summed E-state index contributed by atoms with van der Waals surface area (Å²) in [4.78, 5) is 15.5. The van der Waals surface area contributed by atoms with E-state index in [0.29, 0.717) is 16.5 Å². The molecular weight excluding hydrogens is 336 g/mol. The zero-order chi connectivity index (χ0) is 16.2. The molecule has 0 saturated heterocycles. The Morgan fingerprint density at radius 3 is 2.91 bits per heavy atom. The number of fused-ring (bicyclic) bond motifs is 1. The molecule has 0 aliphatic carbocycles. The van der Waals surface area contributed by atoms with Gasteiger partial charge in [0.25, 0.3) is 5.91 Å². The van der Waals surface area contributed by atoms with Gasteiger partial charge in [-0.05, 0) is 42.3 Å². The van der Waals surface area contributed by atoms with E-state index in [-0.39, 0.29) is 0 Å². The highest BCUT2D eigenvalue weighted by molar-refractivity contribution is 7.14. The highest BCUT2D eigenvalue weighted by Gasteiger charge is 2.21. The van der Waals surface area contributed by atoms with Gasteiger partial charge in [0.15, 0.2) is 0 Å². The van der Waals surface area contributed by atoms with E-state index in [0.717, 1.165) is 37.4 Å². The maximum Gasteiger partial charge on any atom is 0.284 e. The van der Waals surface area contributed by atoms with E-state index >= 15 is 0 Å². The minimum absolute atomic E-state index is 0.443. The zero-order valence-electron chi connectivity index (χ0n) is 12.4. The van der Waals surface area contributed by atoms with Crippen molar-refractivity contribution in [2.75, 3.05) is 19.7 Å². The fraction of sp³-hybridized carbons (Fsp3) is 0.312. The molecule has 0 unspecified atom stereocenters. The van der Waals surface area contributed by atoms with Crippen LogP contribution in [0.25, 0.3) is 0 Å². The van der Waals surface area contributed by atoms with Gasteiger partial charge in [-0.3, -0.25) is 14.9 Å². The van der Waals surface area contributed by atoms with Crippen molar-refractivity contribution in [1.29, 1.82) is 0 Å². The monoisotopic (exact) mass is 352 g/mol. The van der Waals surface area contributed by atoms with Crippen LogP contribution in [0, 0.1) is 0 Å². The van der Waals surface area contributed by atoms with Crippen molar-refractivity contribution >= 4 is 28.8 Å². The fourth-order valence-corrected chi connectivity index (χ4v) is 3.75. The van der Waals surface area contributed by atoms with Crippen molar-refractivity contribution in [1.82, 2.24) is 10.4 Å². The lowest BCUT2D eigenvalue weighted by atomic mass is 10.1. The van der Waals surface area contributed by atoms with E-state index in [9.17, 15) is 4.79 Å². The Balaban J connectivity index is 1.52. The summed E-state index contributed by atoms with van der Waals surface area (Å²) >= 11 is 7.29. The average Bonchev–Trinajstić information content (AvgIpc) is 2.99. The molecule has 1 aromatic heterocycles. The SMILES string of the molecule is O=C(NO)c1cc2c(s1)CCN(CCOc1ccc(Cl)cc1)C2. The summed E-state index contributed by atoms with van der Waals surface area (Å²) < 4.78 is 5.72. The van der Waals surface area contributed by atoms with Gasteiger partial charge in [0.2, 0.25) is 0 Å². The van der Waals surface area contributed by atoms with Crippen molar-refractivity contribution < 1.29 is 14.7 Å². The number of carbonyl (C=O) groups excluding carboxylic acids is 1. The van der Waals surface area contributed by atoms with Crippen LogP contribution in [0.4, 0.5) is 0 Å². The second-order valence-electron chi connectivity index (χ2n) is 5.33. The van der Waals surface area contributed by atoms with Gasteiger partial charge in [-0.15, -0.1) is 11.3 Å².